The Kier molecular flexibility index (Phi) is 10.7. The third-order valence-electron chi connectivity index (χ3n) is 7.53. The number of carbonyl (C=O) groups is 5. The Hall–Kier alpha value is -4.32. The van der Waals surface area contributed by atoms with E-state index in [0.29, 0.717) is 18.5 Å². The Bertz CT molecular complexity index is 1490. The number of hydrogen-bond donors (Lipinski definition) is 5. The van der Waals surface area contributed by atoms with E-state index in [0.717, 1.165) is 4.70 Å². The molecular formula is C32H39N5O6S. The summed E-state index contributed by atoms with van der Waals surface area (Å²) in [6.07, 6.45) is 0.924. The first-order valence-electron chi connectivity index (χ1n) is 14.8. The van der Waals surface area contributed by atoms with Gasteiger partial charge >= 0.3 is 0 Å². The number of para-hydroxylation sites is 1. The summed E-state index contributed by atoms with van der Waals surface area (Å²) in [5.74, 6) is -2.91. The van der Waals surface area contributed by atoms with Crippen molar-refractivity contribution < 1.29 is 29.1 Å². The van der Waals surface area contributed by atoms with E-state index in [-0.39, 0.29) is 46.9 Å². The van der Waals surface area contributed by atoms with E-state index in [1.54, 1.807) is 19.9 Å². The largest absolute Gasteiger partial charge is 0.508 e. The van der Waals surface area contributed by atoms with Crippen LogP contribution < -0.4 is 21.3 Å². The number of amides is 4. The van der Waals surface area contributed by atoms with Crippen molar-refractivity contribution in [1.82, 2.24) is 26.3 Å². The average Bonchev–Trinajstić information content (AvgIpc) is 3.60. The summed E-state index contributed by atoms with van der Waals surface area (Å²) in [5.41, 5.74) is 0.938. The molecule has 4 rings (SSSR count). The minimum absolute atomic E-state index is 0.00848. The van der Waals surface area contributed by atoms with E-state index >= 15 is 0 Å². The number of rotatable bonds is 13. The van der Waals surface area contributed by atoms with Crippen molar-refractivity contribution in [2.24, 2.45) is 17.8 Å². The molecule has 0 bridgehead atoms. The summed E-state index contributed by atoms with van der Waals surface area (Å²) in [5, 5.41) is 20.9. The summed E-state index contributed by atoms with van der Waals surface area (Å²) < 4.78 is 0.832. The van der Waals surface area contributed by atoms with Crippen molar-refractivity contribution in [3.8, 4) is 5.75 Å². The number of phenols is 1. The van der Waals surface area contributed by atoms with Gasteiger partial charge in [-0.2, -0.15) is 0 Å². The lowest BCUT2D eigenvalue weighted by Crippen LogP contribution is -2.57. The highest BCUT2D eigenvalue weighted by Crippen LogP contribution is 2.25. The smallest absolute Gasteiger partial charge is 0.251 e. The molecule has 1 fully saturated rings. The first-order valence-corrected chi connectivity index (χ1v) is 15.6. The van der Waals surface area contributed by atoms with E-state index < -0.39 is 47.5 Å². The Labute approximate surface area is 260 Å². The van der Waals surface area contributed by atoms with Crippen molar-refractivity contribution in [3.63, 3.8) is 0 Å². The van der Waals surface area contributed by atoms with Crippen molar-refractivity contribution in [2.75, 3.05) is 6.54 Å². The van der Waals surface area contributed by atoms with Gasteiger partial charge in [-0.1, -0.05) is 39.8 Å². The Morgan fingerprint density at radius 2 is 1.64 bits per heavy atom. The molecule has 2 aromatic carbocycles. The molecular weight excluding hydrogens is 582 g/mol. The molecule has 0 saturated carbocycles. The number of Topliss-reactive ketones (excluding diaryl/α,β-unsaturated/α-hetero) is 1. The molecule has 2 heterocycles. The SMILES string of the molecule is CC(C)C[C@H](NC(=O)[C@@H](NC(=O)c1ccc(O)cc1)C(C)C)C(=O)N[C@@H](C[C@@H]1CCNC1=O)C(=O)c1nc2ccccc2s1. The number of aromatic nitrogens is 1. The fraction of sp³-hybridized carbons (Fsp3) is 0.438. The molecule has 4 amide bonds. The zero-order valence-corrected chi connectivity index (χ0v) is 26.1. The number of aromatic hydroxyl groups is 1. The molecule has 1 aromatic heterocycles. The number of benzene rings is 2. The average molecular weight is 622 g/mol. The molecule has 0 unspecified atom stereocenters. The van der Waals surface area contributed by atoms with E-state index in [9.17, 15) is 29.1 Å². The Morgan fingerprint density at radius 3 is 2.25 bits per heavy atom. The topological polar surface area (TPSA) is 167 Å². The molecule has 3 aromatic rings. The van der Waals surface area contributed by atoms with Crippen LogP contribution in [-0.2, 0) is 14.4 Å². The normalized spacial score (nSPS) is 16.8. The molecule has 12 heteroatoms. The monoisotopic (exact) mass is 621 g/mol. The van der Waals surface area contributed by atoms with Crippen LogP contribution in [-0.4, -0.2) is 64.2 Å². The molecule has 1 aliphatic rings. The van der Waals surface area contributed by atoms with Crippen LogP contribution in [0.15, 0.2) is 48.5 Å². The van der Waals surface area contributed by atoms with Crippen LogP contribution >= 0.6 is 11.3 Å². The lowest BCUT2D eigenvalue weighted by atomic mass is 9.94. The molecule has 0 aliphatic carbocycles. The van der Waals surface area contributed by atoms with Gasteiger partial charge in [-0.25, -0.2) is 4.98 Å². The Morgan fingerprint density at radius 1 is 0.955 bits per heavy atom. The summed E-state index contributed by atoms with van der Waals surface area (Å²) in [7, 11) is 0. The number of ketones is 1. The lowest BCUT2D eigenvalue weighted by Gasteiger charge is -2.27. The van der Waals surface area contributed by atoms with Crippen LogP contribution in [0.2, 0.25) is 0 Å². The van der Waals surface area contributed by atoms with Gasteiger partial charge in [0.25, 0.3) is 5.91 Å². The van der Waals surface area contributed by atoms with Gasteiger partial charge in [0.15, 0.2) is 5.01 Å². The number of fused-ring (bicyclic) bond motifs is 1. The van der Waals surface area contributed by atoms with Crippen LogP contribution in [0.25, 0.3) is 10.2 Å². The predicted octanol–water partition coefficient (Wildman–Crippen LogP) is 3.18. The summed E-state index contributed by atoms with van der Waals surface area (Å²) >= 11 is 1.22. The zero-order chi connectivity index (χ0) is 32.0. The first-order chi connectivity index (χ1) is 20.9. The van der Waals surface area contributed by atoms with E-state index in [1.807, 2.05) is 32.0 Å². The van der Waals surface area contributed by atoms with Crippen LogP contribution in [0.5, 0.6) is 5.75 Å². The number of nitrogens with zero attached hydrogens (tertiary/aromatic N) is 1. The van der Waals surface area contributed by atoms with Crippen molar-refractivity contribution in [2.45, 2.75) is 65.1 Å². The van der Waals surface area contributed by atoms with Crippen LogP contribution in [0.1, 0.15) is 67.1 Å². The first kappa shape index (κ1) is 32.6. The van der Waals surface area contributed by atoms with E-state index in [2.05, 4.69) is 26.3 Å². The fourth-order valence-corrected chi connectivity index (χ4v) is 6.08. The van der Waals surface area contributed by atoms with Gasteiger partial charge in [-0.05, 0) is 67.5 Å². The second kappa shape index (κ2) is 14.4. The van der Waals surface area contributed by atoms with E-state index in [4.69, 9.17) is 0 Å². The summed E-state index contributed by atoms with van der Waals surface area (Å²) in [6, 6.07) is 10.0. The lowest BCUT2D eigenvalue weighted by molar-refractivity contribution is -0.131. The maximum Gasteiger partial charge on any atom is 0.251 e. The zero-order valence-electron chi connectivity index (χ0n) is 25.3. The highest BCUT2D eigenvalue weighted by Gasteiger charge is 2.36. The maximum absolute atomic E-state index is 13.7. The van der Waals surface area contributed by atoms with Gasteiger partial charge in [0.05, 0.1) is 16.3 Å². The molecule has 1 saturated heterocycles. The summed E-state index contributed by atoms with van der Waals surface area (Å²) in [6.45, 7) is 7.87. The van der Waals surface area contributed by atoms with Gasteiger partial charge < -0.3 is 26.4 Å². The molecule has 11 nitrogen and oxygen atoms in total. The number of nitrogens with one attached hydrogen (secondary N) is 4. The second-order valence-electron chi connectivity index (χ2n) is 11.9. The maximum atomic E-state index is 13.7. The molecule has 0 radical (unpaired) electrons. The van der Waals surface area contributed by atoms with E-state index in [1.165, 1.54) is 35.6 Å². The number of phenolic OH excluding ortho intramolecular Hbond substituents is 1. The minimum Gasteiger partial charge on any atom is -0.508 e. The minimum atomic E-state index is -1.03. The molecule has 0 spiro atoms. The standard InChI is InChI=1S/C32H39N5O6S/c1-17(2)15-24(35-31(43)26(18(3)4)37-29(41)19-9-11-21(38)12-10-19)30(42)34-23(16-20-13-14-33-28(20)40)27(39)32-36-22-7-5-6-8-25(22)44-32/h5-12,17-18,20,23-24,26,38H,13-16H2,1-4H3,(H,33,40)(H,34,42)(H,35,43)(H,37,41)/t20-,23-,24-,26-/m0/s1. The van der Waals surface area contributed by atoms with Crippen LogP contribution in [0.3, 0.4) is 0 Å². The van der Waals surface area contributed by atoms with Crippen LogP contribution in [0.4, 0.5) is 0 Å². The predicted molar refractivity (Wildman–Crippen MR) is 167 cm³/mol. The Balaban J connectivity index is 1.53. The fourth-order valence-electron chi connectivity index (χ4n) is 5.12. The van der Waals surface area contributed by atoms with Crippen molar-refractivity contribution >= 4 is 51.0 Å². The van der Waals surface area contributed by atoms with Gasteiger partial charge in [-0.15, -0.1) is 11.3 Å². The molecule has 4 atom stereocenters. The van der Waals surface area contributed by atoms with Gasteiger partial charge in [0.1, 0.15) is 17.8 Å². The van der Waals surface area contributed by atoms with Crippen molar-refractivity contribution in [1.29, 1.82) is 0 Å². The molecule has 44 heavy (non-hydrogen) atoms. The summed E-state index contributed by atoms with van der Waals surface area (Å²) in [4.78, 5) is 70.7. The number of carbonyl (C=O) groups excluding carboxylic acids is 5. The third kappa shape index (κ3) is 8.19. The number of thiazole rings is 1. The van der Waals surface area contributed by atoms with Crippen molar-refractivity contribution in [3.05, 3.63) is 59.1 Å². The third-order valence-corrected chi connectivity index (χ3v) is 8.58. The second-order valence-corrected chi connectivity index (χ2v) is 12.9. The van der Waals surface area contributed by atoms with Gasteiger partial charge in [-0.3, -0.25) is 24.0 Å². The number of hydrogen-bond acceptors (Lipinski definition) is 8. The highest BCUT2D eigenvalue weighted by atomic mass is 32.1. The van der Waals surface area contributed by atoms with Gasteiger partial charge in [0.2, 0.25) is 23.5 Å². The quantitative estimate of drug-likeness (QED) is 0.183. The van der Waals surface area contributed by atoms with Crippen LogP contribution in [0, 0.1) is 17.8 Å². The highest BCUT2D eigenvalue weighted by molar-refractivity contribution is 7.20. The molecule has 5 N–H and O–H groups in total. The molecule has 234 valence electrons. The van der Waals surface area contributed by atoms with Gasteiger partial charge in [0, 0.05) is 18.0 Å². The molecule has 1 aliphatic heterocycles.